The van der Waals surface area contributed by atoms with Crippen molar-refractivity contribution >= 4 is 11.7 Å². The van der Waals surface area contributed by atoms with E-state index in [0.717, 1.165) is 11.1 Å². The van der Waals surface area contributed by atoms with Crippen LogP contribution in [-0.4, -0.2) is 26.9 Å². The summed E-state index contributed by atoms with van der Waals surface area (Å²) in [4.78, 5) is 25.4. The lowest BCUT2D eigenvalue weighted by atomic mass is 10.2. The number of nitrogens with one attached hydrogen (secondary N) is 2. The number of hydrogen-bond donors (Lipinski definition) is 2. The summed E-state index contributed by atoms with van der Waals surface area (Å²) < 4.78 is 0. The first kappa shape index (κ1) is 17.5. The fraction of sp³-hybridized carbons (Fsp3) is 0.200. The van der Waals surface area contributed by atoms with Gasteiger partial charge in [-0.15, -0.1) is 0 Å². The molecule has 132 valence electrons. The van der Waals surface area contributed by atoms with Crippen molar-refractivity contribution in [2.45, 2.75) is 26.4 Å². The topological polar surface area (TPSA) is 79.8 Å². The van der Waals surface area contributed by atoms with Crippen LogP contribution in [0.4, 0.5) is 5.82 Å². The van der Waals surface area contributed by atoms with Gasteiger partial charge in [-0.05, 0) is 31.5 Å². The molecule has 1 amide bonds. The number of pyridine rings is 1. The third kappa shape index (κ3) is 4.63. The second-order valence-corrected chi connectivity index (χ2v) is 6.17. The molecule has 1 aromatic carbocycles. The third-order valence-electron chi connectivity index (χ3n) is 3.63. The summed E-state index contributed by atoms with van der Waals surface area (Å²) in [6, 6.07) is 15.2. The molecule has 0 aliphatic heterocycles. The molecule has 3 rings (SSSR count). The van der Waals surface area contributed by atoms with Gasteiger partial charge in [-0.25, -0.2) is 9.97 Å². The smallest absolute Gasteiger partial charge is 0.270 e. The van der Waals surface area contributed by atoms with Gasteiger partial charge in [-0.2, -0.15) is 0 Å². The lowest BCUT2D eigenvalue weighted by molar-refractivity contribution is 0.0938. The molecule has 0 fully saturated rings. The average molecular weight is 347 g/mol. The van der Waals surface area contributed by atoms with Gasteiger partial charge in [0.25, 0.3) is 5.91 Å². The SMILES string of the molecule is CC(C)NC(=O)c1cc(NCc2ccncc2)nc(-c2ccccc2)n1. The first-order chi connectivity index (χ1) is 12.6. The van der Waals surface area contributed by atoms with Crippen LogP contribution in [0.3, 0.4) is 0 Å². The maximum Gasteiger partial charge on any atom is 0.270 e. The number of anilines is 1. The maximum atomic E-state index is 12.4. The van der Waals surface area contributed by atoms with E-state index < -0.39 is 0 Å². The zero-order valence-corrected chi connectivity index (χ0v) is 14.8. The van der Waals surface area contributed by atoms with Gasteiger partial charge >= 0.3 is 0 Å². The van der Waals surface area contributed by atoms with Crippen LogP contribution < -0.4 is 10.6 Å². The molecular formula is C20H21N5O. The lowest BCUT2D eigenvalue weighted by Gasteiger charge is -2.12. The van der Waals surface area contributed by atoms with E-state index in [4.69, 9.17) is 0 Å². The number of carbonyl (C=O) groups excluding carboxylic acids is 1. The molecule has 0 bridgehead atoms. The molecule has 2 N–H and O–H groups in total. The Kier molecular flexibility index (Phi) is 5.53. The van der Waals surface area contributed by atoms with Crippen LogP contribution in [0.2, 0.25) is 0 Å². The number of nitrogens with zero attached hydrogens (tertiary/aromatic N) is 3. The number of amides is 1. The Labute approximate surface area is 152 Å². The molecule has 0 radical (unpaired) electrons. The predicted molar refractivity (Wildman–Crippen MR) is 102 cm³/mol. The van der Waals surface area contributed by atoms with Gasteiger partial charge < -0.3 is 10.6 Å². The van der Waals surface area contributed by atoms with Crippen molar-refractivity contribution in [3.05, 3.63) is 72.2 Å². The zero-order chi connectivity index (χ0) is 18.4. The van der Waals surface area contributed by atoms with Gasteiger partial charge in [0.2, 0.25) is 0 Å². The van der Waals surface area contributed by atoms with Crippen molar-refractivity contribution in [1.82, 2.24) is 20.3 Å². The summed E-state index contributed by atoms with van der Waals surface area (Å²) in [6.07, 6.45) is 3.49. The van der Waals surface area contributed by atoms with Crippen LogP contribution in [0.1, 0.15) is 29.9 Å². The van der Waals surface area contributed by atoms with Gasteiger partial charge in [-0.1, -0.05) is 30.3 Å². The number of aromatic nitrogens is 3. The van der Waals surface area contributed by atoms with E-state index in [1.807, 2.05) is 56.3 Å². The van der Waals surface area contributed by atoms with Crippen LogP contribution in [-0.2, 0) is 6.54 Å². The predicted octanol–water partition coefficient (Wildman–Crippen LogP) is 3.29. The van der Waals surface area contributed by atoms with Crippen molar-refractivity contribution < 1.29 is 4.79 Å². The van der Waals surface area contributed by atoms with E-state index in [2.05, 4.69) is 25.6 Å². The van der Waals surface area contributed by atoms with E-state index in [1.54, 1.807) is 18.5 Å². The Morgan fingerprint density at radius 3 is 2.46 bits per heavy atom. The summed E-state index contributed by atoms with van der Waals surface area (Å²) in [5, 5.41) is 6.13. The highest BCUT2D eigenvalue weighted by atomic mass is 16.1. The molecule has 2 aromatic heterocycles. The Morgan fingerprint density at radius 1 is 1.04 bits per heavy atom. The summed E-state index contributed by atoms with van der Waals surface area (Å²) >= 11 is 0. The normalized spacial score (nSPS) is 10.6. The minimum absolute atomic E-state index is 0.0332. The van der Waals surface area contributed by atoms with E-state index in [-0.39, 0.29) is 11.9 Å². The fourth-order valence-corrected chi connectivity index (χ4v) is 2.40. The van der Waals surface area contributed by atoms with Crippen LogP contribution >= 0.6 is 0 Å². The van der Waals surface area contributed by atoms with Crippen LogP contribution in [0.15, 0.2) is 60.9 Å². The number of hydrogen-bond acceptors (Lipinski definition) is 5. The third-order valence-corrected chi connectivity index (χ3v) is 3.63. The second-order valence-electron chi connectivity index (χ2n) is 6.17. The van der Waals surface area contributed by atoms with Gasteiger partial charge in [-0.3, -0.25) is 9.78 Å². The van der Waals surface area contributed by atoms with E-state index in [9.17, 15) is 4.79 Å². The fourth-order valence-electron chi connectivity index (χ4n) is 2.40. The molecule has 0 aliphatic rings. The van der Waals surface area contributed by atoms with Crippen LogP contribution in [0.5, 0.6) is 0 Å². The van der Waals surface area contributed by atoms with E-state index in [1.165, 1.54) is 0 Å². The van der Waals surface area contributed by atoms with Crippen molar-refractivity contribution in [2.75, 3.05) is 5.32 Å². The monoisotopic (exact) mass is 347 g/mol. The minimum Gasteiger partial charge on any atom is -0.366 e. The highest BCUT2D eigenvalue weighted by molar-refractivity contribution is 5.93. The van der Waals surface area contributed by atoms with Gasteiger partial charge in [0.15, 0.2) is 5.82 Å². The molecule has 0 saturated carbocycles. The molecule has 0 spiro atoms. The average Bonchev–Trinajstić information content (AvgIpc) is 2.67. The number of rotatable bonds is 6. The van der Waals surface area contributed by atoms with Gasteiger partial charge in [0.1, 0.15) is 11.5 Å². The Hall–Kier alpha value is -3.28. The Bertz CT molecular complexity index is 866. The van der Waals surface area contributed by atoms with Crippen molar-refractivity contribution in [2.24, 2.45) is 0 Å². The quantitative estimate of drug-likeness (QED) is 0.715. The molecule has 6 nitrogen and oxygen atoms in total. The molecule has 0 atom stereocenters. The first-order valence-electron chi connectivity index (χ1n) is 8.50. The molecule has 6 heteroatoms. The Balaban J connectivity index is 1.90. The molecule has 2 heterocycles. The summed E-state index contributed by atoms with van der Waals surface area (Å²) in [6.45, 7) is 4.42. The minimum atomic E-state index is -0.216. The molecule has 26 heavy (non-hydrogen) atoms. The molecule has 0 aliphatic carbocycles. The molecule has 0 saturated heterocycles. The summed E-state index contributed by atoms with van der Waals surface area (Å²) in [5.74, 6) is 0.898. The van der Waals surface area contributed by atoms with Crippen molar-refractivity contribution in [3.8, 4) is 11.4 Å². The summed E-state index contributed by atoms with van der Waals surface area (Å²) in [7, 11) is 0. The number of carbonyl (C=O) groups is 1. The van der Waals surface area contributed by atoms with E-state index in [0.29, 0.717) is 23.9 Å². The van der Waals surface area contributed by atoms with Gasteiger partial charge in [0, 0.05) is 36.6 Å². The van der Waals surface area contributed by atoms with Crippen LogP contribution in [0.25, 0.3) is 11.4 Å². The van der Waals surface area contributed by atoms with Crippen molar-refractivity contribution in [3.63, 3.8) is 0 Å². The highest BCUT2D eigenvalue weighted by Crippen LogP contribution is 2.18. The second kappa shape index (κ2) is 8.20. The van der Waals surface area contributed by atoms with Crippen molar-refractivity contribution in [1.29, 1.82) is 0 Å². The van der Waals surface area contributed by atoms with Crippen LogP contribution in [0, 0.1) is 0 Å². The molecular weight excluding hydrogens is 326 g/mol. The van der Waals surface area contributed by atoms with E-state index >= 15 is 0 Å². The Morgan fingerprint density at radius 2 is 1.77 bits per heavy atom. The zero-order valence-electron chi connectivity index (χ0n) is 14.8. The van der Waals surface area contributed by atoms with Gasteiger partial charge in [0.05, 0.1) is 0 Å². The maximum absolute atomic E-state index is 12.4. The largest absolute Gasteiger partial charge is 0.366 e. The highest BCUT2D eigenvalue weighted by Gasteiger charge is 2.13. The number of benzene rings is 1. The summed E-state index contributed by atoms with van der Waals surface area (Å²) in [5.41, 5.74) is 2.27. The lowest BCUT2D eigenvalue weighted by Crippen LogP contribution is -2.31. The molecule has 3 aromatic rings. The standard InChI is InChI=1S/C20H21N5O/c1-14(2)23-20(26)17-12-18(22-13-15-8-10-21-11-9-15)25-19(24-17)16-6-4-3-5-7-16/h3-12,14H,13H2,1-2H3,(H,23,26)(H,22,24,25). The molecule has 0 unspecified atom stereocenters. The first-order valence-corrected chi connectivity index (χ1v) is 8.50.